The number of nitrogens with two attached hydrogens (primary N) is 1. The Hall–Kier alpha value is -3.64. The Morgan fingerprint density at radius 2 is 2.05 bits per heavy atom. The molecule has 1 amide bonds. The number of aliphatic hydroxyl groups is 1. The van der Waals surface area contributed by atoms with E-state index in [0.717, 1.165) is 34.1 Å². The standard InChI is InChI=1S/C21H15N5O2S2.C7H17NO/c22-21-24-15-4-3-12(8-17(15)30-21)9-23-20(28)14-2-1-6-26-16(10-27)18(25-19(14)26)13-5-7-29-11-13;1-6(2)4-7(5-9)8-3/h1-8,10-11H,9H2,(H2,22,24)(H,23,28);6-9H,4-5H2,1-3H3. The number of amides is 1. The lowest BCUT2D eigenvalue weighted by molar-refractivity contribution is 0.0951. The lowest BCUT2D eigenvalue weighted by Gasteiger charge is -2.14. The minimum atomic E-state index is -0.260. The Labute approximate surface area is 234 Å². The van der Waals surface area contributed by atoms with Gasteiger partial charge in [-0.05, 0) is 60.7 Å². The van der Waals surface area contributed by atoms with Gasteiger partial charge in [-0.25, -0.2) is 9.97 Å². The number of anilines is 1. The number of nitrogens with one attached hydrogen (secondary N) is 2. The monoisotopic (exact) mass is 564 g/mol. The molecular weight excluding hydrogens is 532 g/mol. The molecule has 0 bridgehead atoms. The first-order chi connectivity index (χ1) is 18.8. The first kappa shape index (κ1) is 28.4. The number of carbonyl (C=O) groups is 2. The number of pyridine rings is 1. The van der Waals surface area contributed by atoms with E-state index >= 15 is 0 Å². The molecule has 11 heteroatoms. The van der Waals surface area contributed by atoms with E-state index in [1.165, 1.54) is 22.7 Å². The highest BCUT2D eigenvalue weighted by atomic mass is 32.1. The zero-order valence-electron chi connectivity index (χ0n) is 22.0. The van der Waals surface area contributed by atoms with E-state index in [9.17, 15) is 9.59 Å². The van der Waals surface area contributed by atoms with Gasteiger partial charge in [0.25, 0.3) is 5.91 Å². The molecule has 0 fully saturated rings. The van der Waals surface area contributed by atoms with E-state index < -0.39 is 0 Å². The maximum Gasteiger partial charge on any atom is 0.255 e. The van der Waals surface area contributed by atoms with E-state index in [1.54, 1.807) is 22.7 Å². The fourth-order valence-electron chi connectivity index (χ4n) is 4.21. The quantitative estimate of drug-likeness (QED) is 0.192. The molecule has 1 atom stereocenters. The van der Waals surface area contributed by atoms with Crippen LogP contribution in [0.2, 0.25) is 0 Å². The number of imidazole rings is 1. The zero-order valence-corrected chi connectivity index (χ0v) is 23.7. The summed E-state index contributed by atoms with van der Waals surface area (Å²) < 4.78 is 2.63. The molecule has 9 nitrogen and oxygen atoms in total. The summed E-state index contributed by atoms with van der Waals surface area (Å²) >= 11 is 2.94. The second kappa shape index (κ2) is 12.9. The van der Waals surface area contributed by atoms with Crippen LogP contribution >= 0.6 is 22.7 Å². The van der Waals surface area contributed by atoms with Crippen LogP contribution in [-0.2, 0) is 6.54 Å². The average molecular weight is 565 g/mol. The highest BCUT2D eigenvalue weighted by Gasteiger charge is 2.19. The van der Waals surface area contributed by atoms with E-state index in [1.807, 2.05) is 42.1 Å². The maximum atomic E-state index is 12.9. The first-order valence-corrected chi connectivity index (χ1v) is 14.3. The SMILES string of the molecule is CNC(CO)CC(C)C.Nc1nc2ccc(CNC(=O)c3cccn4c(C=O)c(-c5ccsc5)nc34)cc2s1. The Morgan fingerprint density at radius 3 is 2.69 bits per heavy atom. The summed E-state index contributed by atoms with van der Waals surface area (Å²) in [6.45, 7) is 4.90. The smallest absolute Gasteiger partial charge is 0.255 e. The van der Waals surface area contributed by atoms with E-state index in [0.29, 0.717) is 40.2 Å². The van der Waals surface area contributed by atoms with Crippen molar-refractivity contribution in [2.45, 2.75) is 32.9 Å². The number of aldehydes is 1. The van der Waals surface area contributed by atoms with Crippen LogP contribution in [0.4, 0.5) is 5.13 Å². The Balaban J connectivity index is 0.000000340. The number of thiazole rings is 1. The Morgan fingerprint density at radius 1 is 1.23 bits per heavy atom. The van der Waals surface area contributed by atoms with Gasteiger partial charge >= 0.3 is 0 Å². The number of thiophene rings is 1. The van der Waals surface area contributed by atoms with Crippen molar-refractivity contribution < 1.29 is 14.7 Å². The van der Waals surface area contributed by atoms with E-state index in [4.69, 9.17) is 10.8 Å². The summed E-state index contributed by atoms with van der Waals surface area (Å²) in [5.41, 5.74) is 10.3. The van der Waals surface area contributed by atoms with Crippen LogP contribution in [-0.4, -0.2) is 51.4 Å². The molecule has 0 aliphatic rings. The third kappa shape index (κ3) is 6.69. The van der Waals surface area contributed by atoms with Crippen LogP contribution in [0, 0.1) is 5.92 Å². The lowest BCUT2D eigenvalue weighted by Crippen LogP contribution is -2.30. The molecule has 204 valence electrons. The molecule has 0 radical (unpaired) electrons. The molecule has 4 aromatic heterocycles. The van der Waals surface area contributed by atoms with Gasteiger partial charge in [0.2, 0.25) is 0 Å². The summed E-state index contributed by atoms with van der Waals surface area (Å²) in [6, 6.07) is 11.4. The molecule has 4 heterocycles. The fraction of sp³-hybridized carbons (Fsp3) is 0.286. The number of nitrogens with zero attached hydrogens (tertiary/aromatic N) is 3. The summed E-state index contributed by atoms with van der Waals surface area (Å²) in [7, 11) is 1.88. The van der Waals surface area contributed by atoms with Crippen molar-refractivity contribution in [2.24, 2.45) is 5.92 Å². The molecule has 0 spiro atoms. The molecule has 1 aromatic carbocycles. The third-order valence-electron chi connectivity index (χ3n) is 6.14. The highest BCUT2D eigenvalue weighted by Crippen LogP contribution is 2.27. The van der Waals surface area contributed by atoms with Gasteiger partial charge < -0.3 is 21.5 Å². The number of hydrogen-bond donors (Lipinski definition) is 4. The van der Waals surface area contributed by atoms with Crippen molar-refractivity contribution in [3.05, 3.63) is 70.2 Å². The predicted molar refractivity (Wildman–Crippen MR) is 158 cm³/mol. The Kier molecular flexibility index (Phi) is 9.41. The van der Waals surface area contributed by atoms with Crippen LogP contribution in [0.5, 0.6) is 0 Å². The molecular formula is C28H32N6O3S2. The fourth-order valence-corrected chi connectivity index (χ4v) is 5.65. The van der Waals surface area contributed by atoms with Crippen LogP contribution in [0.1, 0.15) is 46.7 Å². The molecule has 0 saturated heterocycles. The van der Waals surface area contributed by atoms with Gasteiger partial charge in [0, 0.05) is 29.7 Å². The van der Waals surface area contributed by atoms with Crippen LogP contribution in [0.25, 0.3) is 27.1 Å². The number of fused-ring (bicyclic) bond motifs is 2. The topological polar surface area (TPSA) is 135 Å². The van der Waals surface area contributed by atoms with Crippen molar-refractivity contribution in [3.63, 3.8) is 0 Å². The molecule has 39 heavy (non-hydrogen) atoms. The molecule has 5 aromatic rings. The number of rotatable bonds is 9. The van der Waals surface area contributed by atoms with Gasteiger partial charge in [-0.2, -0.15) is 11.3 Å². The molecule has 5 rings (SSSR count). The number of aromatic nitrogens is 3. The number of likely N-dealkylation sites (N-methyl/N-ethyl adjacent to an activating group) is 1. The number of nitrogen functional groups attached to an aromatic ring is 1. The van der Waals surface area contributed by atoms with Crippen molar-refractivity contribution in [3.8, 4) is 11.3 Å². The van der Waals surface area contributed by atoms with Crippen molar-refractivity contribution >= 4 is 55.9 Å². The second-order valence-electron chi connectivity index (χ2n) is 9.43. The van der Waals surface area contributed by atoms with Crippen LogP contribution < -0.4 is 16.4 Å². The average Bonchev–Trinajstić information content (AvgIpc) is 3.67. The van der Waals surface area contributed by atoms with Gasteiger partial charge in [0.05, 0.1) is 22.4 Å². The summed E-state index contributed by atoms with van der Waals surface area (Å²) in [4.78, 5) is 33.5. The molecule has 0 aliphatic heterocycles. The number of benzene rings is 1. The molecule has 0 saturated carbocycles. The van der Waals surface area contributed by atoms with Gasteiger partial charge in [-0.15, -0.1) is 0 Å². The van der Waals surface area contributed by atoms with Gasteiger partial charge in [-0.1, -0.05) is 31.3 Å². The van der Waals surface area contributed by atoms with E-state index in [-0.39, 0.29) is 18.6 Å². The van der Waals surface area contributed by atoms with Crippen molar-refractivity contribution in [1.29, 1.82) is 0 Å². The van der Waals surface area contributed by atoms with E-state index in [2.05, 4.69) is 34.4 Å². The minimum absolute atomic E-state index is 0.245. The van der Waals surface area contributed by atoms with Gasteiger partial charge in [-0.3, -0.25) is 14.0 Å². The number of aliphatic hydroxyl groups excluding tert-OH is 1. The Bertz CT molecular complexity index is 1550. The lowest BCUT2D eigenvalue weighted by atomic mass is 10.1. The van der Waals surface area contributed by atoms with Crippen molar-refractivity contribution in [2.75, 3.05) is 19.4 Å². The molecule has 5 N–H and O–H groups in total. The van der Waals surface area contributed by atoms with Gasteiger partial charge in [0.1, 0.15) is 11.4 Å². The number of hydrogen-bond acceptors (Lipinski definition) is 9. The van der Waals surface area contributed by atoms with Crippen LogP contribution in [0.3, 0.4) is 0 Å². The summed E-state index contributed by atoms with van der Waals surface area (Å²) in [5, 5.41) is 19.1. The zero-order chi connectivity index (χ0) is 27.9. The second-order valence-corrected chi connectivity index (χ2v) is 11.3. The maximum absolute atomic E-state index is 12.9. The number of carbonyl (C=O) groups excluding carboxylic acids is 2. The van der Waals surface area contributed by atoms with Gasteiger partial charge in [0.15, 0.2) is 17.1 Å². The summed E-state index contributed by atoms with van der Waals surface area (Å²) in [6.07, 6.45) is 3.55. The first-order valence-electron chi connectivity index (χ1n) is 12.5. The molecule has 0 aliphatic carbocycles. The highest BCUT2D eigenvalue weighted by molar-refractivity contribution is 7.22. The summed E-state index contributed by atoms with van der Waals surface area (Å²) in [5.74, 6) is 0.401. The predicted octanol–water partition coefficient (Wildman–Crippen LogP) is 4.61. The van der Waals surface area contributed by atoms with Crippen LogP contribution in [0.15, 0.2) is 53.4 Å². The third-order valence-corrected chi connectivity index (χ3v) is 7.68. The largest absolute Gasteiger partial charge is 0.395 e. The normalized spacial score (nSPS) is 11.9. The van der Waals surface area contributed by atoms with Crippen molar-refractivity contribution in [1.82, 2.24) is 25.0 Å². The minimum Gasteiger partial charge on any atom is -0.395 e. The molecule has 1 unspecified atom stereocenters.